The van der Waals surface area contributed by atoms with E-state index in [-0.39, 0.29) is 11.3 Å². The molecule has 2 heterocycles. The zero-order valence-corrected chi connectivity index (χ0v) is 11.7. The van der Waals surface area contributed by atoms with Crippen molar-refractivity contribution in [2.24, 2.45) is 5.41 Å². The largest absolute Gasteiger partial charge is 0.355 e. The Morgan fingerprint density at radius 3 is 3.00 bits per heavy atom. The molecule has 2 rings (SSSR count). The van der Waals surface area contributed by atoms with Crippen molar-refractivity contribution < 1.29 is 9.32 Å². The molecule has 1 unspecified atom stereocenters. The molecule has 1 aliphatic heterocycles. The fraction of sp³-hybridized carbons (Fsp3) is 0.769. The second-order valence-electron chi connectivity index (χ2n) is 5.19. The average Bonchev–Trinajstić information content (AvgIpc) is 3.00. The van der Waals surface area contributed by atoms with Gasteiger partial charge in [-0.2, -0.15) is 4.98 Å². The van der Waals surface area contributed by atoms with Gasteiger partial charge in [0.15, 0.2) is 5.82 Å². The number of aromatic nitrogens is 2. The van der Waals surface area contributed by atoms with Crippen molar-refractivity contribution in [1.82, 2.24) is 20.8 Å². The third kappa shape index (κ3) is 3.32. The third-order valence-corrected chi connectivity index (χ3v) is 3.66. The van der Waals surface area contributed by atoms with Gasteiger partial charge in [0.1, 0.15) is 0 Å². The van der Waals surface area contributed by atoms with Gasteiger partial charge in [-0.1, -0.05) is 18.5 Å². The highest BCUT2D eigenvalue weighted by Gasteiger charge is 2.39. The summed E-state index contributed by atoms with van der Waals surface area (Å²) in [5.74, 6) is 1.36. The van der Waals surface area contributed by atoms with Gasteiger partial charge in [0.2, 0.25) is 11.8 Å². The quantitative estimate of drug-likeness (QED) is 0.796. The first-order valence-electron chi connectivity index (χ1n) is 6.94. The summed E-state index contributed by atoms with van der Waals surface area (Å²) in [6, 6.07) is 0. The minimum Gasteiger partial charge on any atom is -0.355 e. The summed E-state index contributed by atoms with van der Waals surface area (Å²) < 4.78 is 4.90. The first-order chi connectivity index (χ1) is 9.16. The summed E-state index contributed by atoms with van der Waals surface area (Å²) in [6.07, 6.45) is 3.50. The molecule has 6 heteroatoms. The Balaban J connectivity index is 1.82. The van der Waals surface area contributed by atoms with E-state index in [2.05, 4.69) is 27.7 Å². The monoisotopic (exact) mass is 266 g/mol. The van der Waals surface area contributed by atoms with E-state index >= 15 is 0 Å². The van der Waals surface area contributed by atoms with Crippen LogP contribution < -0.4 is 10.6 Å². The molecule has 0 radical (unpaired) electrons. The number of hydrogen-bond acceptors (Lipinski definition) is 5. The van der Waals surface area contributed by atoms with Crippen LogP contribution in [0.5, 0.6) is 0 Å². The molecule has 0 aliphatic carbocycles. The Kier molecular flexibility index (Phi) is 4.52. The minimum absolute atomic E-state index is 0.152. The molecule has 1 saturated heterocycles. The van der Waals surface area contributed by atoms with Gasteiger partial charge >= 0.3 is 0 Å². The maximum Gasteiger partial charge on any atom is 0.227 e. The van der Waals surface area contributed by atoms with Crippen LogP contribution in [-0.2, 0) is 11.2 Å². The Hall–Kier alpha value is -1.43. The molecule has 2 N–H and O–H groups in total. The number of aryl methyl sites for hydroxylation is 1. The van der Waals surface area contributed by atoms with E-state index in [9.17, 15) is 4.79 Å². The number of hydrogen-bond donors (Lipinski definition) is 2. The number of amides is 1. The number of nitrogens with one attached hydrogen (secondary N) is 2. The lowest BCUT2D eigenvalue weighted by atomic mass is 9.81. The van der Waals surface area contributed by atoms with Crippen LogP contribution in [0, 0.1) is 12.3 Å². The lowest BCUT2D eigenvalue weighted by Crippen LogP contribution is -2.43. The van der Waals surface area contributed by atoms with Crippen LogP contribution in [0.25, 0.3) is 0 Å². The fourth-order valence-electron chi connectivity index (χ4n) is 2.66. The normalized spacial score (nSPS) is 22.6. The van der Waals surface area contributed by atoms with Gasteiger partial charge < -0.3 is 15.2 Å². The van der Waals surface area contributed by atoms with E-state index in [0.717, 1.165) is 32.4 Å². The molecule has 0 bridgehead atoms. The highest BCUT2D eigenvalue weighted by Crippen LogP contribution is 2.31. The second-order valence-corrected chi connectivity index (χ2v) is 5.19. The van der Waals surface area contributed by atoms with Gasteiger partial charge in [-0.15, -0.1) is 0 Å². The predicted octanol–water partition coefficient (Wildman–Crippen LogP) is 0.817. The molecule has 1 aliphatic rings. The van der Waals surface area contributed by atoms with Crippen molar-refractivity contribution in [2.75, 3.05) is 19.6 Å². The van der Waals surface area contributed by atoms with Crippen LogP contribution in [0.2, 0.25) is 0 Å². The van der Waals surface area contributed by atoms with Crippen LogP contribution in [-0.4, -0.2) is 35.7 Å². The summed E-state index contributed by atoms with van der Waals surface area (Å²) in [5.41, 5.74) is -0.220. The predicted molar refractivity (Wildman–Crippen MR) is 70.6 cm³/mol. The first-order valence-corrected chi connectivity index (χ1v) is 6.94. The molecular weight excluding hydrogens is 244 g/mol. The molecule has 0 saturated carbocycles. The molecule has 1 atom stereocenters. The zero-order valence-electron chi connectivity index (χ0n) is 11.7. The maximum atomic E-state index is 12.3. The van der Waals surface area contributed by atoms with Gasteiger partial charge in [-0.3, -0.25) is 4.79 Å². The van der Waals surface area contributed by atoms with E-state index in [1.54, 1.807) is 6.92 Å². The van der Waals surface area contributed by atoms with Crippen LogP contribution >= 0.6 is 0 Å². The van der Waals surface area contributed by atoms with E-state index in [1.807, 2.05) is 0 Å². The highest BCUT2D eigenvalue weighted by atomic mass is 16.5. The Bertz CT molecular complexity index is 424. The molecular formula is C13H22N4O2. The standard InChI is InChI=1S/C13H22N4O2/c1-3-5-13(6-8-14-9-13)12(18)15-7-4-11-16-10(2)19-17-11/h14H,3-9H2,1-2H3,(H,15,18). The van der Waals surface area contributed by atoms with Crippen LogP contribution in [0.4, 0.5) is 0 Å². The van der Waals surface area contributed by atoms with Gasteiger partial charge in [-0.05, 0) is 19.4 Å². The SMILES string of the molecule is CCCC1(C(=O)NCCc2noc(C)n2)CCNC1. The molecule has 0 aromatic carbocycles. The molecule has 1 aromatic rings. The van der Waals surface area contributed by atoms with Crippen molar-refractivity contribution in [1.29, 1.82) is 0 Å². The Labute approximate surface area is 113 Å². The van der Waals surface area contributed by atoms with Gasteiger partial charge in [0.05, 0.1) is 5.41 Å². The van der Waals surface area contributed by atoms with Gasteiger partial charge in [0, 0.05) is 26.4 Å². The van der Waals surface area contributed by atoms with Gasteiger partial charge in [-0.25, -0.2) is 0 Å². The Morgan fingerprint density at radius 1 is 1.58 bits per heavy atom. The van der Waals surface area contributed by atoms with Crippen LogP contribution in [0.15, 0.2) is 4.52 Å². The smallest absolute Gasteiger partial charge is 0.227 e. The van der Waals surface area contributed by atoms with Crippen molar-refractivity contribution in [3.63, 3.8) is 0 Å². The van der Waals surface area contributed by atoms with Crippen molar-refractivity contribution in [3.05, 3.63) is 11.7 Å². The number of carbonyl (C=O) groups is 1. The van der Waals surface area contributed by atoms with Gasteiger partial charge in [0.25, 0.3) is 0 Å². The summed E-state index contributed by atoms with van der Waals surface area (Å²) in [7, 11) is 0. The maximum absolute atomic E-state index is 12.3. The van der Waals surface area contributed by atoms with Crippen molar-refractivity contribution >= 4 is 5.91 Å². The minimum atomic E-state index is -0.220. The molecule has 1 amide bonds. The topological polar surface area (TPSA) is 80.1 Å². The van der Waals surface area contributed by atoms with Crippen molar-refractivity contribution in [2.45, 2.75) is 39.5 Å². The molecule has 1 aromatic heterocycles. The highest BCUT2D eigenvalue weighted by molar-refractivity contribution is 5.83. The van der Waals surface area contributed by atoms with Crippen LogP contribution in [0.1, 0.15) is 37.9 Å². The van der Waals surface area contributed by atoms with Crippen LogP contribution in [0.3, 0.4) is 0 Å². The second kappa shape index (κ2) is 6.14. The summed E-state index contributed by atoms with van der Waals surface area (Å²) in [4.78, 5) is 16.5. The van der Waals surface area contributed by atoms with E-state index < -0.39 is 0 Å². The van der Waals surface area contributed by atoms with Crippen molar-refractivity contribution in [3.8, 4) is 0 Å². The summed E-state index contributed by atoms with van der Waals surface area (Å²) in [6.45, 7) is 6.15. The lowest BCUT2D eigenvalue weighted by molar-refractivity contribution is -0.130. The molecule has 106 valence electrons. The lowest BCUT2D eigenvalue weighted by Gasteiger charge is -2.26. The summed E-state index contributed by atoms with van der Waals surface area (Å²) in [5, 5.41) is 10.1. The van der Waals surface area contributed by atoms with E-state index in [1.165, 1.54) is 0 Å². The summed E-state index contributed by atoms with van der Waals surface area (Å²) >= 11 is 0. The fourth-order valence-corrected chi connectivity index (χ4v) is 2.66. The average molecular weight is 266 g/mol. The molecule has 19 heavy (non-hydrogen) atoms. The van der Waals surface area contributed by atoms with E-state index in [0.29, 0.717) is 24.7 Å². The Morgan fingerprint density at radius 2 is 2.42 bits per heavy atom. The first kappa shape index (κ1) is 14.0. The number of carbonyl (C=O) groups excluding carboxylic acids is 1. The molecule has 1 fully saturated rings. The number of rotatable bonds is 6. The number of nitrogens with zero attached hydrogens (tertiary/aromatic N) is 2. The molecule has 6 nitrogen and oxygen atoms in total. The zero-order chi connectivity index (χ0) is 13.7. The third-order valence-electron chi connectivity index (χ3n) is 3.66. The molecule has 0 spiro atoms. The van der Waals surface area contributed by atoms with E-state index in [4.69, 9.17) is 4.52 Å².